The van der Waals surface area contributed by atoms with Gasteiger partial charge in [0.15, 0.2) is 0 Å². The van der Waals surface area contributed by atoms with Gasteiger partial charge in [0.2, 0.25) is 0 Å². The number of para-hydroxylation sites is 2. The summed E-state index contributed by atoms with van der Waals surface area (Å²) in [6, 6.07) is 15.6. The summed E-state index contributed by atoms with van der Waals surface area (Å²) in [6.45, 7) is 4.26. The first-order chi connectivity index (χ1) is 12.7. The number of hydrogen-bond acceptors (Lipinski definition) is 4. The summed E-state index contributed by atoms with van der Waals surface area (Å²) >= 11 is 0. The minimum atomic E-state index is -0.279. The molecule has 0 aliphatic rings. The van der Waals surface area contributed by atoms with Crippen LogP contribution in [-0.4, -0.2) is 15.9 Å². The van der Waals surface area contributed by atoms with E-state index < -0.39 is 0 Å². The summed E-state index contributed by atoms with van der Waals surface area (Å²) < 4.78 is 0. The van der Waals surface area contributed by atoms with Gasteiger partial charge in [-0.1, -0.05) is 50.2 Å². The molecule has 1 amide bonds. The highest BCUT2D eigenvalue weighted by molar-refractivity contribution is 6.02. The molecule has 132 valence electrons. The van der Waals surface area contributed by atoms with Gasteiger partial charge in [-0.05, 0) is 36.1 Å². The molecule has 2 aromatic carbocycles. The van der Waals surface area contributed by atoms with Gasteiger partial charge in [0.1, 0.15) is 11.5 Å². The van der Waals surface area contributed by atoms with Crippen LogP contribution in [0.3, 0.4) is 0 Å². The number of carbonyl (C=O) groups excluding carboxylic acids is 1. The van der Waals surface area contributed by atoms with E-state index in [-0.39, 0.29) is 11.6 Å². The molecule has 5 nitrogen and oxygen atoms in total. The molecule has 3 rings (SSSR count). The van der Waals surface area contributed by atoms with Crippen molar-refractivity contribution in [3.63, 3.8) is 0 Å². The average Bonchev–Trinajstić information content (AvgIpc) is 2.69. The molecule has 0 unspecified atom stereocenters. The fraction of sp³-hybridized carbons (Fsp3) is 0.190. The zero-order valence-electron chi connectivity index (χ0n) is 15.0. The summed E-state index contributed by atoms with van der Waals surface area (Å²) in [5.41, 5.74) is 4.55. The van der Waals surface area contributed by atoms with Gasteiger partial charge in [-0.3, -0.25) is 4.79 Å². The standard InChI is InChI=1S/C21H22N4O/c1-3-15-9-8-10-16(4-2)20(15)25-19-14-22-18(13-23-19)21(26)24-17-11-6-5-7-12-17/h5-14H,3-4H2,1-2H3,(H,23,25)(H,24,26). The lowest BCUT2D eigenvalue weighted by Gasteiger charge is -2.14. The predicted molar refractivity (Wildman–Crippen MR) is 105 cm³/mol. The van der Waals surface area contributed by atoms with Crippen molar-refractivity contribution in [1.82, 2.24) is 9.97 Å². The Morgan fingerprint density at radius 2 is 1.58 bits per heavy atom. The van der Waals surface area contributed by atoms with E-state index in [1.165, 1.54) is 17.3 Å². The molecule has 0 saturated heterocycles. The van der Waals surface area contributed by atoms with E-state index in [0.717, 1.165) is 24.2 Å². The molecule has 0 aliphatic carbocycles. The van der Waals surface area contributed by atoms with Crippen LogP contribution in [0.5, 0.6) is 0 Å². The van der Waals surface area contributed by atoms with Crippen LogP contribution in [0.1, 0.15) is 35.5 Å². The summed E-state index contributed by atoms with van der Waals surface area (Å²) in [6.07, 6.45) is 4.94. The molecule has 3 aromatic rings. The van der Waals surface area contributed by atoms with Gasteiger partial charge in [0, 0.05) is 11.4 Å². The average molecular weight is 346 g/mol. The van der Waals surface area contributed by atoms with Crippen LogP contribution in [0.25, 0.3) is 0 Å². The lowest BCUT2D eigenvalue weighted by Crippen LogP contribution is -2.14. The third-order valence-corrected chi connectivity index (χ3v) is 4.17. The maximum absolute atomic E-state index is 12.3. The van der Waals surface area contributed by atoms with E-state index in [0.29, 0.717) is 5.82 Å². The third kappa shape index (κ3) is 4.06. The Labute approximate surface area is 153 Å². The van der Waals surface area contributed by atoms with Crippen LogP contribution in [0, 0.1) is 0 Å². The van der Waals surface area contributed by atoms with E-state index in [4.69, 9.17) is 0 Å². The van der Waals surface area contributed by atoms with Crippen molar-refractivity contribution in [2.45, 2.75) is 26.7 Å². The Morgan fingerprint density at radius 3 is 2.15 bits per heavy atom. The molecular weight excluding hydrogens is 324 g/mol. The highest BCUT2D eigenvalue weighted by Gasteiger charge is 2.10. The summed E-state index contributed by atoms with van der Waals surface area (Å²) in [7, 11) is 0. The van der Waals surface area contributed by atoms with E-state index in [2.05, 4.69) is 52.6 Å². The van der Waals surface area contributed by atoms with E-state index in [1.54, 1.807) is 6.20 Å². The number of nitrogens with one attached hydrogen (secondary N) is 2. The second kappa shape index (κ2) is 8.25. The van der Waals surface area contributed by atoms with Crippen LogP contribution in [0.15, 0.2) is 60.9 Å². The Balaban J connectivity index is 1.75. The number of carbonyl (C=O) groups is 1. The number of benzene rings is 2. The van der Waals surface area contributed by atoms with Crippen LogP contribution in [-0.2, 0) is 12.8 Å². The Bertz CT molecular complexity index is 854. The van der Waals surface area contributed by atoms with E-state index >= 15 is 0 Å². The number of aromatic nitrogens is 2. The molecule has 0 fully saturated rings. The van der Waals surface area contributed by atoms with Crippen LogP contribution >= 0.6 is 0 Å². The number of amides is 1. The van der Waals surface area contributed by atoms with Gasteiger partial charge in [-0.15, -0.1) is 0 Å². The molecule has 26 heavy (non-hydrogen) atoms. The molecule has 1 aromatic heterocycles. The summed E-state index contributed by atoms with van der Waals surface area (Å²) in [4.78, 5) is 20.8. The Kier molecular flexibility index (Phi) is 5.59. The van der Waals surface area contributed by atoms with Crippen molar-refractivity contribution in [1.29, 1.82) is 0 Å². The fourth-order valence-electron chi connectivity index (χ4n) is 2.76. The number of aryl methyl sites for hydroxylation is 2. The number of rotatable bonds is 6. The molecule has 0 bridgehead atoms. The smallest absolute Gasteiger partial charge is 0.275 e. The molecule has 0 aliphatic heterocycles. The first-order valence-corrected chi connectivity index (χ1v) is 8.77. The Hall–Kier alpha value is -3.21. The number of hydrogen-bond donors (Lipinski definition) is 2. The van der Waals surface area contributed by atoms with Crippen molar-refractivity contribution >= 4 is 23.1 Å². The highest BCUT2D eigenvalue weighted by Crippen LogP contribution is 2.25. The topological polar surface area (TPSA) is 66.9 Å². The normalized spacial score (nSPS) is 10.4. The monoisotopic (exact) mass is 346 g/mol. The van der Waals surface area contributed by atoms with E-state index in [1.807, 2.05) is 30.3 Å². The molecule has 0 spiro atoms. The third-order valence-electron chi connectivity index (χ3n) is 4.17. The molecule has 2 N–H and O–H groups in total. The van der Waals surface area contributed by atoms with Crippen LogP contribution in [0.2, 0.25) is 0 Å². The summed E-state index contributed by atoms with van der Waals surface area (Å²) in [5.74, 6) is 0.343. The van der Waals surface area contributed by atoms with Crippen molar-refractivity contribution in [2.24, 2.45) is 0 Å². The maximum atomic E-state index is 12.3. The van der Waals surface area contributed by atoms with Crippen LogP contribution in [0.4, 0.5) is 17.2 Å². The maximum Gasteiger partial charge on any atom is 0.275 e. The van der Waals surface area contributed by atoms with Gasteiger partial charge in [-0.25, -0.2) is 9.97 Å². The Morgan fingerprint density at radius 1 is 0.885 bits per heavy atom. The molecular formula is C21H22N4O. The van der Waals surface area contributed by atoms with Crippen molar-refractivity contribution in [3.05, 3.63) is 77.7 Å². The highest BCUT2D eigenvalue weighted by atomic mass is 16.1. The van der Waals surface area contributed by atoms with Crippen molar-refractivity contribution < 1.29 is 4.79 Å². The molecule has 1 heterocycles. The second-order valence-electron chi connectivity index (χ2n) is 5.89. The summed E-state index contributed by atoms with van der Waals surface area (Å²) in [5, 5.41) is 6.16. The molecule has 0 radical (unpaired) electrons. The van der Waals surface area contributed by atoms with Crippen molar-refractivity contribution in [2.75, 3.05) is 10.6 Å². The lowest BCUT2D eigenvalue weighted by atomic mass is 10.0. The zero-order valence-corrected chi connectivity index (χ0v) is 15.0. The van der Waals surface area contributed by atoms with Crippen LogP contribution < -0.4 is 10.6 Å². The number of anilines is 3. The predicted octanol–water partition coefficient (Wildman–Crippen LogP) is 4.60. The SMILES string of the molecule is CCc1cccc(CC)c1Nc1cnc(C(=O)Nc2ccccc2)cn1. The minimum absolute atomic E-state index is 0.277. The lowest BCUT2D eigenvalue weighted by molar-refractivity contribution is 0.102. The molecule has 0 atom stereocenters. The number of nitrogens with zero attached hydrogens (tertiary/aromatic N) is 2. The van der Waals surface area contributed by atoms with Gasteiger partial charge < -0.3 is 10.6 Å². The zero-order chi connectivity index (χ0) is 18.4. The molecule has 5 heteroatoms. The van der Waals surface area contributed by atoms with Crippen molar-refractivity contribution in [3.8, 4) is 0 Å². The van der Waals surface area contributed by atoms with Gasteiger partial charge >= 0.3 is 0 Å². The van der Waals surface area contributed by atoms with Gasteiger partial charge in [0.25, 0.3) is 5.91 Å². The quantitative estimate of drug-likeness (QED) is 0.685. The van der Waals surface area contributed by atoms with Gasteiger partial charge in [-0.2, -0.15) is 0 Å². The minimum Gasteiger partial charge on any atom is -0.338 e. The largest absolute Gasteiger partial charge is 0.338 e. The first-order valence-electron chi connectivity index (χ1n) is 8.77. The second-order valence-corrected chi connectivity index (χ2v) is 5.89. The van der Waals surface area contributed by atoms with E-state index in [9.17, 15) is 4.79 Å². The molecule has 0 saturated carbocycles. The fourth-order valence-corrected chi connectivity index (χ4v) is 2.76. The first kappa shape index (κ1) is 17.6. The van der Waals surface area contributed by atoms with Gasteiger partial charge in [0.05, 0.1) is 12.4 Å².